The number of amides is 1. The van der Waals surface area contributed by atoms with Crippen LogP contribution in [0.15, 0.2) is 12.1 Å². The summed E-state index contributed by atoms with van der Waals surface area (Å²) in [6.45, 7) is -0.103. The van der Waals surface area contributed by atoms with Gasteiger partial charge in [-0.3, -0.25) is 4.79 Å². The van der Waals surface area contributed by atoms with Gasteiger partial charge in [0.1, 0.15) is 11.5 Å². The number of hydrogen-bond donors (Lipinski definition) is 2. The molecule has 0 unspecified atom stereocenters. The van der Waals surface area contributed by atoms with E-state index >= 15 is 0 Å². The van der Waals surface area contributed by atoms with Crippen molar-refractivity contribution < 1.29 is 14.3 Å². The molecule has 0 bridgehead atoms. The summed E-state index contributed by atoms with van der Waals surface area (Å²) >= 11 is 5.91. The quantitative estimate of drug-likeness (QED) is 0.836. The molecule has 3 N–H and O–H groups in total. The molecule has 0 atom stereocenters. The van der Waals surface area contributed by atoms with Gasteiger partial charge in [0.05, 0.1) is 31.5 Å². The molecule has 0 saturated carbocycles. The highest BCUT2D eigenvalue weighted by molar-refractivity contribution is 6.32. The van der Waals surface area contributed by atoms with Gasteiger partial charge < -0.3 is 20.5 Å². The predicted octanol–water partition coefficient (Wildman–Crippen LogP) is 1.25. The lowest BCUT2D eigenvalue weighted by Crippen LogP contribution is -2.22. The number of carbonyl (C=O) groups is 1. The highest BCUT2D eigenvalue weighted by Gasteiger charge is 2.11. The van der Waals surface area contributed by atoms with Crippen LogP contribution in [0.4, 0.5) is 5.69 Å². The minimum Gasteiger partial charge on any atom is -0.495 e. The average Bonchev–Trinajstić information content (AvgIpc) is 2.30. The Morgan fingerprint density at radius 2 is 2.00 bits per heavy atom. The molecule has 0 fully saturated rings. The molecule has 1 amide bonds. The summed E-state index contributed by atoms with van der Waals surface area (Å²) in [5.41, 5.74) is 5.67. The van der Waals surface area contributed by atoms with Crippen LogP contribution in [0.3, 0.4) is 0 Å². The first kappa shape index (κ1) is 12.6. The van der Waals surface area contributed by atoms with Gasteiger partial charge in [0, 0.05) is 12.1 Å². The molecular weight excluding hydrogens is 232 g/mol. The first-order chi connectivity index (χ1) is 7.62. The highest BCUT2D eigenvalue weighted by Crippen LogP contribution is 2.35. The minimum absolute atomic E-state index is 0.103. The molecular formula is C10H13ClN2O3. The Kier molecular flexibility index (Phi) is 4.39. The second kappa shape index (κ2) is 5.58. The third-order valence-corrected chi connectivity index (χ3v) is 2.23. The van der Waals surface area contributed by atoms with Gasteiger partial charge in [-0.05, 0) is 0 Å². The van der Waals surface area contributed by atoms with Crippen LogP contribution < -0.4 is 20.5 Å². The number of halogens is 1. The van der Waals surface area contributed by atoms with E-state index in [0.29, 0.717) is 22.2 Å². The Morgan fingerprint density at radius 1 is 1.38 bits per heavy atom. The maximum Gasteiger partial charge on any atom is 0.238 e. The second-order valence-corrected chi connectivity index (χ2v) is 3.35. The van der Waals surface area contributed by atoms with Crippen molar-refractivity contribution in [2.45, 2.75) is 0 Å². The number of nitrogens with one attached hydrogen (secondary N) is 1. The third-order valence-electron chi connectivity index (χ3n) is 1.93. The van der Waals surface area contributed by atoms with Gasteiger partial charge in [0.2, 0.25) is 5.91 Å². The van der Waals surface area contributed by atoms with E-state index in [2.05, 4.69) is 5.32 Å². The van der Waals surface area contributed by atoms with Crippen LogP contribution in [0, 0.1) is 0 Å². The number of benzene rings is 1. The predicted molar refractivity (Wildman–Crippen MR) is 62.2 cm³/mol. The first-order valence-electron chi connectivity index (χ1n) is 4.53. The molecule has 88 valence electrons. The fourth-order valence-electron chi connectivity index (χ4n) is 1.16. The number of methoxy groups -OCH3 is 2. The van der Waals surface area contributed by atoms with Gasteiger partial charge in [0.25, 0.3) is 0 Å². The molecule has 0 spiro atoms. The molecule has 1 rings (SSSR count). The van der Waals surface area contributed by atoms with Crippen molar-refractivity contribution in [3.63, 3.8) is 0 Å². The Morgan fingerprint density at radius 3 is 2.50 bits per heavy atom. The minimum atomic E-state index is -0.317. The molecule has 6 heteroatoms. The SMILES string of the molecule is COc1cc(NC(=O)CN)c(OC)cc1Cl. The Hall–Kier alpha value is -1.46. The molecule has 1 aromatic rings. The maximum atomic E-state index is 11.2. The summed E-state index contributed by atoms with van der Waals surface area (Å²) in [7, 11) is 2.97. The Balaban J connectivity index is 3.09. The molecule has 1 aromatic carbocycles. The molecule has 0 aliphatic rings. The summed E-state index contributed by atoms with van der Waals surface area (Å²) < 4.78 is 10.1. The van der Waals surface area contributed by atoms with Crippen molar-refractivity contribution >= 4 is 23.2 Å². The zero-order valence-electron chi connectivity index (χ0n) is 9.04. The van der Waals surface area contributed by atoms with Gasteiger partial charge in [0.15, 0.2) is 0 Å². The van der Waals surface area contributed by atoms with E-state index in [4.69, 9.17) is 26.8 Å². The van der Waals surface area contributed by atoms with Gasteiger partial charge in [-0.2, -0.15) is 0 Å². The molecule has 0 saturated heterocycles. The van der Waals surface area contributed by atoms with Gasteiger partial charge in [-0.15, -0.1) is 0 Å². The number of hydrogen-bond acceptors (Lipinski definition) is 4. The molecule has 0 aliphatic heterocycles. The number of carbonyl (C=O) groups excluding carboxylic acids is 1. The monoisotopic (exact) mass is 244 g/mol. The van der Waals surface area contributed by atoms with Crippen LogP contribution in [0.25, 0.3) is 0 Å². The summed E-state index contributed by atoms with van der Waals surface area (Å²) in [4.78, 5) is 11.2. The summed E-state index contributed by atoms with van der Waals surface area (Å²) in [6, 6.07) is 3.14. The molecule has 0 aromatic heterocycles. The van der Waals surface area contributed by atoms with E-state index in [1.807, 2.05) is 0 Å². The smallest absolute Gasteiger partial charge is 0.238 e. The maximum absolute atomic E-state index is 11.2. The van der Waals surface area contributed by atoms with Crippen LogP contribution in [-0.4, -0.2) is 26.7 Å². The lowest BCUT2D eigenvalue weighted by molar-refractivity contribution is -0.114. The first-order valence-corrected chi connectivity index (χ1v) is 4.91. The largest absolute Gasteiger partial charge is 0.495 e. The summed E-state index contributed by atoms with van der Waals surface area (Å²) in [5.74, 6) is 0.588. The topological polar surface area (TPSA) is 73.6 Å². The number of ether oxygens (including phenoxy) is 2. The van der Waals surface area contributed by atoms with Crippen LogP contribution >= 0.6 is 11.6 Å². The lowest BCUT2D eigenvalue weighted by Gasteiger charge is -2.12. The molecule has 16 heavy (non-hydrogen) atoms. The summed E-state index contributed by atoms with van der Waals surface area (Å²) in [6.07, 6.45) is 0. The average molecular weight is 245 g/mol. The normalized spacial score (nSPS) is 9.75. The van der Waals surface area contributed by atoms with Gasteiger partial charge in [-0.1, -0.05) is 11.6 Å². The summed E-state index contributed by atoms with van der Waals surface area (Å²) in [5, 5.41) is 2.99. The second-order valence-electron chi connectivity index (χ2n) is 2.94. The van der Waals surface area contributed by atoms with Crippen molar-refractivity contribution in [3.8, 4) is 11.5 Å². The van der Waals surface area contributed by atoms with E-state index in [0.717, 1.165) is 0 Å². The number of nitrogens with two attached hydrogens (primary N) is 1. The molecule has 0 aliphatic carbocycles. The standard InChI is InChI=1S/C10H13ClN2O3/c1-15-8-4-7(13-10(14)5-12)9(16-2)3-6(8)11/h3-4H,5,12H2,1-2H3,(H,13,14). The van der Waals surface area contributed by atoms with Gasteiger partial charge >= 0.3 is 0 Å². The Bertz CT molecular complexity index is 396. The van der Waals surface area contributed by atoms with Crippen LogP contribution in [0.2, 0.25) is 5.02 Å². The highest BCUT2D eigenvalue weighted by atomic mass is 35.5. The van der Waals surface area contributed by atoms with E-state index < -0.39 is 0 Å². The van der Waals surface area contributed by atoms with Crippen LogP contribution in [0.1, 0.15) is 0 Å². The number of rotatable bonds is 4. The number of anilines is 1. The fraction of sp³-hybridized carbons (Fsp3) is 0.300. The fourth-order valence-corrected chi connectivity index (χ4v) is 1.39. The van der Waals surface area contributed by atoms with Crippen LogP contribution in [0.5, 0.6) is 11.5 Å². The van der Waals surface area contributed by atoms with E-state index in [1.54, 1.807) is 12.1 Å². The van der Waals surface area contributed by atoms with Gasteiger partial charge in [-0.25, -0.2) is 0 Å². The lowest BCUT2D eigenvalue weighted by atomic mass is 10.2. The van der Waals surface area contributed by atoms with E-state index in [-0.39, 0.29) is 12.5 Å². The van der Waals surface area contributed by atoms with Crippen molar-refractivity contribution in [2.75, 3.05) is 26.1 Å². The zero-order chi connectivity index (χ0) is 12.1. The third kappa shape index (κ3) is 2.77. The van der Waals surface area contributed by atoms with E-state index in [9.17, 15) is 4.79 Å². The van der Waals surface area contributed by atoms with Crippen molar-refractivity contribution in [1.82, 2.24) is 0 Å². The Labute approximate surface area is 98.5 Å². The molecule has 0 heterocycles. The van der Waals surface area contributed by atoms with Crippen molar-refractivity contribution in [3.05, 3.63) is 17.2 Å². The molecule has 0 radical (unpaired) electrons. The molecule has 5 nitrogen and oxygen atoms in total. The zero-order valence-corrected chi connectivity index (χ0v) is 9.80. The van der Waals surface area contributed by atoms with Crippen molar-refractivity contribution in [2.24, 2.45) is 5.73 Å². The van der Waals surface area contributed by atoms with E-state index in [1.165, 1.54) is 14.2 Å². The van der Waals surface area contributed by atoms with Crippen LogP contribution in [-0.2, 0) is 4.79 Å². The van der Waals surface area contributed by atoms with Crippen molar-refractivity contribution in [1.29, 1.82) is 0 Å².